The number of likely N-dealkylation sites (tertiary alicyclic amines) is 1. The lowest BCUT2D eigenvalue weighted by atomic mass is 10.1. The maximum absolute atomic E-state index is 11.8. The van der Waals surface area contributed by atoms with Crippen LogP contribution in [0.3, 0.4) is 0 Å². The lowest BCUT2D eigenvalue weighted by molar-refractivity contribution is -0.128. The van der Waals surface area contributed by atoms with E-state index >= 15 is 0 Å². The van der Waals surface area contributed by atoms with Crippen molar-refractivity contribution in [2.24, 2.45) is 0 Å². The Bertz CT molecular complexity index is 483. The normalized spacial score (nSPS) is 22.8. The molecule has 1 N–H and O–H groups in total. The molecule has 2 aliphatic rings. The van der Waals surface area contributed by atoms with Crippen molar-refractivity contribution < 1.29 is 9.53 Å². The van der Waals surface area contributed by atoms with Crippen LogP contribution in [0.5, 0.6) is 0 Å². The van der Waals surface area contributed by atoms with Gasteiger partial charge in [0.15, 0.2) is 0 Å². The highest BCUT2D eigenvalue weighted by Gasteiger charge is 2.21. The minimum atomic E-state index is 0.290. The summed E-state index contributed by atoms with van der Waals surface area (Å²) in [4.78, 5) is 13.8. The van der Waals surface area contributed by atoms with Crippen molar-refractivity contribution in [3.05, 3.63) is 35.4 Å². The van der Waals surface area contributed by atoms with E-state index in [0.29, 0.717) is 18.4 Å². The average Bonchev–Trinajstić information content (AvgIpc) is 2.93. The Morgan fingerprint density at radius 1 is 1.24 bits per heavy atom. The summed E-state index contributed by atoms with van der Waals surface area (Å²) in [6.07, 6.45) is 4.03. The summed E-state index contributed by atoms with van der Waals surface area (Å²) in [5.41, 5.74) is 2.56. The zero-order chi connectivity index (χ0) is 14.5. The lowest BCUT2D eigenvalue weighted by Gasteiger charge is -2.24. The van der Waals surface area contributed by atoms with Gasteiger partial charge in [-0.25, -0.2) is 0 Å². The molecule has 0 aliphatic carbocycles. The molecule has 0 aromatic heterocycles. The molecule has 0 saturated carbocycles. The molecule has 2 heterocycles. The van der Waals surface area contributed by atoms with Crippen LogP contribution in [-0.4, -0.2) is 36.6 Å². The number of hydrogen-bond donors (Lipinski definition) is 1. The Morgan fingerprint density at radius 2 is 2.10 bits per heavy atom. The summed E-state index contributed by atoms with van der Waals surface area (Å²) < 4.78 is 5.51. The minimum absolute atomic E-state index is 0.290. The van der Waals surface area contributed by atoms with Crippen LogP contribution in [0.2, 0.25) is 0 Å². The van der Waals surface area contributed by atoms with Crippen molar-refractivity contribution in [2.45, 2.75) is 44.8 Å². The number of hydrogen-bond acceptors (Lipinski definition) is 3. The minimum Gasteiger partial charge on any atom is -0.380 e. The second-order valence-corrected chi connectivity index (χ2v) is 5.98. The summed E-state index contributed by atoms with van der Waals surface area (Å²) >= 11 is 0. The third-order valence-electron chi connectivity index (χ3n) is 4.39. The van der Waals surface area contributed by atoms with Gasteiger partial charge < -0.3 is 15.0 Å². The van der Waals surface area contributed by atoms with E-state index in [1.54, 1.807) is 0 Å². The van der Waals surface area contributed by atoms with Gasteiger partial charge in [-0.2, -0.15) is 0 Å². The fourth-order valence-corrected chi connectivity index (χ4v) is 3.12. The molecule has 21 heavy (non-hydrogen) atoms. The van der Waals surface area contributed by atoms with Crippen LogP contribution in [0.4, 0.5) is 0 Å². The Morgan fingerprint density at radius 3 is 2.81 bits per heavy atom. The Balaban J connectivity index is 1.60. The number of nitrogens with one attached hydrogen (secondary N) is 1. The second kappa shape index (κ2) is 7.05. The number of carbonyl (C=O) groups excluding carboxylic acids is 1. The van der Waals surface area contributed by atoms with Crippen molar-refractivity contribution >= 4 is 5.91 Å². The number of rotatable bonds is 5. The van der Waals surface area contributed by atoms with E-state index in [1.165, 1.54) is 17.5 Å². The quantitative estimate of drug-likeness (QED) is 0.902. The molecule has 0 unspecified atom stereocenters. The van der Waals surface area contributed by atoms with Gasteiger partial charge in [-0.05, 0) is 30.4 Å². The summed E-state index contributed by atoms with van der Waals surface area (Å²) in [6, 6.07) is 8.89. The molecular formula is C17H24N2O2. The van der Waals surface area contributed by atoms with Crippen LogP contribution in [0.15, 0.2) is 24.3 Å². The van der Waals surface area contributed by atoms with Crippen molar-refractivity contribution in [2.75, 3.05) is 19.8 Å². The standard InChI is InChI=1S/C17H24N2O2/c20-17-8-3-9-19(17)12-15-6-2-1-5-14(15)11-18-16-7-4-10-21-13-16/h1-2,5-6,16,18H,3-4,7-13H2/t16-/m1/s1. The second-order valence-electron chi connectivity index (χ2n) is 5.98. The zero-order valence-corrected chi connectivity index (χ0v) is 12.5. The van der Waals surface area contributed by atoms with Crippen molar-refractivity contribution in [3.63, 3.8) is 0 Å². The first-order chi connectivity index (χ1) is 10.3. The van der Waals surface area contributed by atoms with Crippen LogP contribution < -0.4 is 5.32 Å². The zero-order valence-electron chi connectivity index (χ0n) is 12.5. The van der Waals surface area contributed by atoms with Crippen LogP contribution in [0.25, 0.3) is 0 Å². The summed E-state index contributed by atoms with van der Waals surface area (Å²) in [5, 5.41) is 3.59. The van der Waals surface area contributed by atoms with Gasteiger partial charge in [-0.3, -0.25) is 4.79 Å². The molecule has 2 aliphatic heterocycles. The molecule has 3 rings (SSSR count). The SMILES string of the molecule is O=C1CCCN1Cc1ccccc1CN[C@@H]1CCCOC1. The first-order valence-electron chi connectivity index (χ1n) is 7.98. The molecule has 1 aromatic carbocycles. The van der Waals surface area contributed by atoms with E-state index in [9.17, 15) is 4.79 Å². The molecule has 0 bridgehead atoms. The van der Waals surface area contributed by atoms with Gasteiger partial charge in [0.1, 0.15) is 0 Å². The number of amides is 1. The number of carbonyl (C=O) groups is 1. The van der Waals surface area contributed by atoms with Gasteiger partial charge >= 0.3 is 0 Å². The molecule has 4 heteroatoms. The molecule has 114 valence electrons. The largest absolute Gasteiger partial charge is 0.380 e. The van der Waals surface area contributed by atoms with Crippen molar-refractivity contribution in [1.29, 1.82) is 0 Å². The Kier molecular flexibility index (Phi) is 4.88. The number of nitrogens with zero attached hydrogens (tertiary/aromatic N) is 1. The Labute approximate surface area is 126 Å². The fourth-order valence-electron chi connectivity index (χ4n) is 3.12. The van der Waals surface area contributed by atoms with Crippen LogP contribution in [0, 0.1) is 0 Å². The first-order valence-corrected chi connectivity index (χ1v) is 7.98. The van der Waals surface area contributed by atoms with Gasteiger partial charge in [0.2, 0.25) is 5.91 Å². The van der Waals surface area contributed by atoms with E-state index in [2.05, 4.69) is 29.6 Å². The van der Waals surface area contributed by atoms with E-state index in [-0.39, 0.29) is 0 Å². The highest BCUT2D eigenvalue weighted by molar-refractivity contribution is 5.78. The van der Waals surface area contributed by atoms with Crippen molar-refractivity contribution in [1.82, 2.24) is 10.2 Å². The number of benzene rings is 1. The van der Waals surface area contributed by atoms with E-state index in [4.69, 9.17) is 4.74 Å². The monoisotopic (exact) mass is 288 g/mol. The molecule has 0 radical (unpaired) electrons. The molecule has 2 fully saturated rings. The molecule has 1 aromatic rings. The van der Waals surface area contributed by atoms with Crippen LogP contribution in [0.1, 0.15) is 36.8 Å². The van der Waals surface area contributed by atoms with Crippen LogP contribution in [-0.2, 0) is 22.6 Å². The van der Waals surface area contributed by atoms with Gasteiger partial charge in [0.25, 0.3) is 0 Å². The average molecular weight is 288 g/mol. The molecule has 1 atom stereocenters. The molecule has 1 amide bonds. The predicted molar refractivity (Wildman–Crippen MR) is 81.8 cm³/mol. The molecule has 0 spiro atoms. The number of ether oxygens (including phenoxy) is 1. The summed E-state index contributed by atoms with van der Waals surface area (Å²) in [7, 11) is 0. The summed E-state index contributed by atoms with van der Waals surface area (Å²) in [5.74, 6) is 0.290. The maximum Gasteiger partial charge on any atom is 0.222 e. The van der Waals surface area contributed by atoms with E-state index in [1.807, 2.05) is 4.90 Å². The fraction of sp³-hybridized carbons (Fsp3) is 0.588. The lowest BCUT2D eigenvalue weighted by Crippen LogP contribution is -2.36. The van der Waals surface area contributed by atoms with Crippen molar-refractivity contribution in [3.8, 4) is 0 Å². The van der Waals surface area contributed by atoms with Gasteiger partial charge in [-0.1, -0.05) is 24.3 Å². The third kappa shape index (κ3) is 3.83. The highest BCUT2D eigenvalue weighted by atomic mass is 16.5. The molecular weight excluding hydrogens is 264 g/mol. The predicted octanol–water partition coefficient (Wildman–Crippen LogP) is 2.08. The van der Waals surface area contributed by atoms with E-state index in [0.717, 1.165) is 45.7 Å². The molecule has 4 nitrogen and oxygen atoms in total. The van der Waals surface area contributed by atoms with Gasteiger partial charge in [-0.15, -0.1) is 0 Å². The Hall–Kier alpha value is -1.39. The third-order valence-corrected chi connectivity index (χ3v) is 4.39. The highest BCUT2D eigenvalue weighted by Crippen LogP contribution is 2.17. The topological polar surface area (TPSA) is 41.6 Å². The maximum atomic E-state index is 11.8. The smallest absolute Gasteiger partial charge is 0.222 e. The summed E-state index contributed by atoms with van der Waals surface area (Å²) in [6.45, 7) is 4.21. The van der Waals surface area contributed by atoms with E-state index < -0.39 is 0 Å². The van der Waals surface area contributed by atoms with Gasteiger partial charge in [0.05, 0.1) is 6.61 Å². The van der Waals surface area contributed by atoms with Gasteiger partial charge in [0, 0.05) is 38.7 Å². The van der Waals surface area contributed by atoms with Crippen LogP contribution >= 0.6 is 0 Å². The first kappa shape index (κ1) is 14.5. The molecule has 2 saturated heterocycles.